The second-order valence-electron chi connectivity index (χ2n) is 3.23. The Morgan fingerprint density at radius 1 is 1.19 bits per heavy atom. The predicted molar refractivity (Wildman–Crippen MR) is 62.1 cm³/mol. The summed E-state index contributed by atoms with van der Waals surface area (Å²) in [7, 11) is 0. The molecule has 2 heterocycles. The van der Waals surface area contributed by atoms with Crippen LogP contribution >= 0.6 is 11.8 Å². The quantitative estimate of drug-likeness (QED) is 0.794. The molecule has 0 spiro atoms. The van der Waals surface area contributed by atoms with E-state index in [4.69, 9.17) is 5.73 Å². The molecule has 2 N–H and O–H groups in total. The average Bonchev–Trinajstić information content (AvgIpc) is 2.27. The average molecular weight is 233 g/mol. The molecule has 0 amide bonds. The third-order valence-electron chi connectivity index (χ3n) is 1.99. The molecule has 0 bridgehead atoms. The van der Waals surface area contributed by atoms with Crippen molar-refractivity contribution in [2.75, 3.05) is 5.73 Å². The molecule has 0 atom stereocenters. The van der Waals surface area contributed by atoms with Crippen molar-refractivity contribution < 1.29 is 0 Å². The van der Waals surface area contributed by atoms with Crippen LogP contribution in [-0.2, 0) is 0 Å². The zero-order chi connectivity index (χ0) is 11.5. The number of aromatic nitrogens is 4. The molecule has 2 aromatic heterocycles. The van der Waals surface area contributed by atoms with Crippen molar-refractivity contribution in [1.29, 1.82) is 0 Å². The molecular formula is C10H11N5S. The molecule has 0 saturated carbocycles. The van der Waals surface area contributed by atoms with Crippen molar-refractivity contribution in [3.63, 3.8) is 0 Å². The lowest BCUT2D eigenvalue weighted by Crippen LogP contribution is -2.01. The second-order valence-corrected chi connectivity index (χ2v) is 4.24. The Kier molecular flexibility index (Phi) is 3.00. The van der Waals surface area contributed by atoms with E-state index in [1.807, 2.05) is 13.8 Å². The topological polar surface area (TPSA) is 77.6 Å². The highest BCUT2D eigenvalue weighted by Crippen LogP contribution is 2.28. The monoisotopic (exact) mass is 233 g/mol. The molecule has 0 radical (unpaired) electrons. The van der Waals surface area contributed by atoms with Crippen LogP contribution in [0.25, 0.3) is 0 Å². The molecule has 2 aromatic rings. The highest BCUT2D eigenvalue weighted by atomic mass is 32.2. The largest absolute Gasteiger partial charge is 0.383 e. The minimum atomic E-state index is 0.513. The molecule has 0 aliphatic carbocycles. The van der Waals surface area contributed by atoms with E-state index < -0.39 is 0 Å². The first-order valence-corrected chi connectivity index (χ1v) is 5.53. The first-order chi connectivity index (χ1) is 7.66. The van der Waals surface area contributed by atoms with Gasteiger partial charge in [0.05, 0.1) is 6.20 Å². The Morgan fingerprint density at radius 3 is 2.69 bits per heavy atom. The van der Waals surface area contributed by atoms with E-state index in [0.717, 1.165) is 15.6 Å². The SMILES string of the molecule is Cc1nc(N)c(C)c(Sc2cnccn2)n1. The van der Waals surface area contributed by atoms with E-state index in [9.17, 15) is 0 Å². The molecular weight excluding hydrogens is 222 g/mol. The molecule has 6 heteroatoms. The summed E-state index contributed by atoms with van der Waals surface area (Å²) in [6.07, 6.45) is 4.98. The van der Waals surface area contributed by atoms with Crippen LogP contribution in [0.15, 0.2) is 28.6 Å². The summed E-state index contributed by atoms with van der Waals surface area (Å²) in [4.78, 5) is 16.6. The smallest absolute Gasteiger partial charge is 0.131 e. The predicted octanol–water partition coefficient (Wildman–Crippen LogP) is 1.62. The summed E-state index contributed by atoms with van der Waals surface area (Å²) < 4.78 is 0. The summed E-state index contributed by atoms with van der Waals surface area (Å²) in [5, 5.41) is 1.62. The molecule has 5 nitrogen and oxygen atoms in total. The van der Waals surface area contributed by atoms with Crippen molar-refractivity contribution in [2.45, 2.75) is 23.9 Å². The molecule has 0 aromatic carbocycles. The number of nitrogens with zero attached hydrogens (tertiary/aromatic N) is 4. The number of rotatable bonds is 2. The Bertz CT molecular complexity index is 500. The fourth-order valence-corrected chi connectivity index (χ4v) is 2.02. The number of nitrogens with two attached hydrogens (primary N) is 1. The summed E-state index contributed by atoms with van der Waals surface area (Å²) in [5.74, 6) is 1.17. The van der Waals surface area contributed by atoms with Gasteiger partial charge in [-0.1, -0.05) is 0 Å². The molecule has 0 saturated heterocycles. The lowest BCUT2D eigenvalue weighted by molar-refractivity contribution is 0.941. The van der Waals surface area contributed by atoms with E-state index in [2.05, 4.69) is 19.9 Å². The van der Waals surface area contributed by atoms with Crippen LogP contribution in [-0.4, -0.2) is 19.9 Å². The third-order valence-corrected chi connectivity index (χ3v) is 3.00. The van der Waals surface area contributed by atoms with Gasteiger partial charge in [0.25, 0.3) is 0 Å². The van der Waals surface area contributed by atoms with Crippen LogP contribution in [0.5, 0.6) is 0 Å². The molecule has 16 heavy (non-hydrogen) atoms. The van der Waals surface area contributed by atoms with Crippen molar-refractivity contribution >= 4 is 17.6 Å². The van der Waals surface area contributed by atoms with Crippen LogP contribution in [0.2, 0.25) is 0 Å². The molecule has 2 rings (SSSR count). The van der Waals surface area contributed by atoms with E-state index in [1.54, 1.807) is 18.6 Å². The summed E-state index contributed by atoms with van der Waals surface area (Å²) in [5.41, 5.74) is 6.65. The first kappa shape index (κ1) is 10.8. The number of hydrogen-bond donors (Lipinski definition) is 1. The summed E-state index contributed by atoms with van der Waals surface area (Å²) >= 11 is 1.44. The highest BCUT2D eigenvalue weighted by molar-refractivity contribution is 7.99. The van der Waals surface area contributed by atoms with Gasteiger partial charge in [0.15, 0.2) is 0 Å². The highest BCUT2D eigenvalue weighted by Gasteiger charge is 2.08. The first-order valence-electron chi connectivity index (χ1n) is 4.71. The molecule has 0 fully saturated rings. The van der Waals surface area contributed by atoms with Crippen molar-refractivity contribution in [1.82, 2.24) is 19.9 Å². The summed E-state index contributed by atoms with van der Waals surface area (Å²) in [6.45, 7) is 3.71. The van der Waals surface area contributed by atoms with Gasteiger partial charge in [-0.15, -0.1) is 0 Å². The standard InChI is InChI=1S/C10H11N5S/c1-6-9(11)14-7(2)15-10(6)16-8-5-12-3-4-13-8/h3-5H,1-2H3,(H2,11,14,15). The number of hydrogen-bond acceptors (Lipinski definition) is 6. The summed E-state index contributed by atoms with van der Waals surface area (Å²) in [6, 6.07) is 0. The lowest BCUT2D eigenvalue weighted by atomic mass is 10.3. The van der Waals surface area contributed by atoms with Gasteiger partial charge in [-0.2, -0.15) is 0 Å². The molecule has 0 aliphatic heterocycles. The molecule has 82 valence electrons. The van der Waals surface area contributed by atoms with E-state index >= 15 is 0 Å². The van der Waals surface area contributed by atoms with Gasteiger partial charge in [0.1, 0.15) is 21.7 Å². The zero-order valence-corrected chi connectivity index (χ0v) is 9.82. The van der Waals surface area contributed by atoms with Crippen LogP contribution < -0.4 is 5.73 Å². The van der Waals surface area contributed by atoms with Gasteiger partial charge in [-0.3, -0.25) is 4.98 Å². The van der Waals surface area contributed by atoms with Crippen LogP contribution in [0.1, 0.15) is 11.4 Å². The Labute approximate surface area is 97.6 Å². The van der Waals surface area contributed by atoms with Gasteiger partial charge < -0.3 is 5.73 Å². The van der Waals surface area contributed by atoms with Crippen LogP contribution in [0.3, 0.4) is 0 Å². The molecule has 0 aliphatic rings. The minimum Gasteiger partial charge on any atom is -0.383 e. The minimum absolute atomic E-state index is 0.513. The van der Waals surface area contributed by atoms with Gasteiger partial charge in [0.2, 0.25) is 0 Å². The lowest BCUT2D eigenvalue weighted by Gasteiger charge is -2.06. The Balaban J connectivity index is 2.35. The fourth-order valence-electron chi connectivity index (χ4n) is 1.16. The van der Waals surface area contributed by atoms with Crippen molar-refractivity contribution in [2.24, 2.45) is 0 Å². The van der Waals surface area contributed by atoms with E-state index in [0.29, 0.717) is 11.6 Å². The normalized spacial score (nSPS) is 10.4. The van der Waals surface area contributed by atoms with Crippen LogP contribution in [0.4, 0.5) is 5.82 Å². The number of anilines is 1. The van der Waals surface area contributed by atoms with Crippen molar-refractivity contribution in [3.8, 4) is 0 Å². The van der Waals surface area contributed by atoms with Gasteiger partial charge >= 0.3 is 0 Å². The maximum absolute atomic E-state index is 5.77. The fraction of sp³-hybridized carbons (Fsp3) is 0.200. The van der Waals surface area contributed by atoms with E-state index in [-0.39, 0.29) is 0 Å². The Hall–Kier alpha value is -1.69. The Morgan fingerprint density at radius 2 is 2.00 bits per heavy atom. The van der Waals surface area contributed by atoms with E-state index in [1.165, 1.54) is 11.8 Å². The van der Waals surface area contributed by atoms with Crippen molar-refractivity contribution in [3.05, 3.63) is 30.0 Å². The second kappa shape index (κ2) is 4.44. The number of nitrogen functional groups attached to an aromatic ring is 1. The molecule has 0 unspecified atom stereocenters. The van der Waals surface area contributed by atoms with Gasteiger partial charge in [-0.25, -0.2) is 15.0 Å². The maximum atomic E-state index is 5.77. The zero-order valence-electron chi connectivity index (χ0n) is 9.01. The van der Waals surface area contributed by atoms with Gasteiger partial charge in [0, 0.05) is 18.0 Å². The van der Waals surface area contributed by atoms with Gasteiger partial charge in [-0.05, 0) is 25.6 Å². The number of aryl methyl sites for hydroxylation is 1. The van der Waals surface area contributed by atoms with Crippen LogP contribution in [0, 0.1) is 13.8 Å². The maximum Gasteiger partial charge on any atom is 0.131 e. The third kappa shape index (κ3) is 2.27.